The van der Waals surface area contributed by atoms with E-state index in [0.29, 0.717) is 36.3 Å². The molecule has 0 aliphatic carbocycles. The van der Waals surface area contributed by atoms with E-state index in [4.69, 9.17) is 0 Å². The highest BCUT2D eigenvalue weighted by atomic mass is 32.1. The molecule has 0 aliphatic heterocycles. The lowest BCUT2D eigenvalue weighted by molar-refractivity contribution is -0.121. The number of benzene rings is 1. The van der Waals surface area contributed by atoms with Gasteiger partial charge in [-0.25, -0.2) is 0 Å². The molecule has 0 spiro atoms. The maximum absolute atomic E-state index is 12.4. The van der Waals surface area contributed by atoms with Crippen LogP contribution in [0.3, 0.4) is 0 Å². The number of nitrogens with one attached hydrogen (secondary N) is 1. The average molecular weight is 410 g/mol. The van der Waals surface area contributed by atoms with Gasteiger partial charge < -0.3 is 5.32 Å². The number of carbonyl (C=O) groups excluding carboxylic acids is 1. The standard InChI is InChI=1S/C21H23N5O2S/c1-14(15-7-4-3-5-8-15)13-22-18(27)10-6-9-17-23-24-21-25(2)20(28)19-16(26(17)21)11-12-29-19/h3-5,7-8,11-12,14H,6,9-10,13H2,1-2H3,(H,22,27). The Hall–Kier alpha value is -3.00. The predicted octanol–water partition coefficient (Wildman–Crippen LogP) is 2.89. The van der Waals surface area contributed by atoms with Gasteiger partial charge in [-0.05, 0) is 29.3 Å². The first kappa shape index (κ1) is 19.3. The summed E-state index contributed by atoms with van der Waals surface area (Å²) in [5, 5.41) is 13.4. The average Bonchev–Trinajstić information content (AvgIpc) is 3.38. The first-order valence-electron chi connectivity index (χ1n) is 9.68. The minimum absolute atomic E-state index is 0.0367. The van der Waals surface area contributed by atoms with Gasteiger partial charge in [0.2, 0.25) is 11.7 Å². The molecule has 4 aromatic rings. The second kappa shape index (κ2) is 8.16. The SMILES string of the molecule is CC(CNC(=O)CCCc1nnc2n(C)c(=O)c3sccc3n12)c1ccccc1. The molecule has 150 valence electrons. The normalized spacial score (nSPS) is 12.5. The fraction of sp³-hybridized carbons (Fsp3) is 0.333. The van der Waals surface area contributed by atoms with Crippen LogP contribution in [0.2, 0.25) is 0 Å². The molecular weight excluding hydrogens is 386 g/mol. The van der Waals surface area contributed by atoms with Crippen molar-refractivity contribution in [3.8, 4) is 0 Å². The monoisotopic (exact) mass is 409 g/mol. The van der Waals surface area contributed by atoms with E-state index in [1.165, 1.54) is 21.5 Å². The topological polar surface area (TPSA) is 81.3 Å². The summed E-state index contributed by atoms with van der Waals surface area (Å²) >= 11 is 1.42. The van der Waals surface area contributed by atoms with Crippen molar-refractivity contribution < 1.29 is 4.79 Å². The van der Waals surface area contributed by atoms with Crippen molar-refractivity contribution in [2.24, 2.45) is 7.05 Å². The first-order valence-corrected chi connectivity index (χ1v) is 10.6. The molecule has 0 bridgehead atoms. The lowest BCUT2D eigenvalue weighted by atomic mass is 10.0. The predicted molar refractivity (Wildman–Crippen MR) is 114 cm³/mol. The zero-order valence-electron chi connectivity index (χ0n) is 16.5. The molecule has 29 heavy (non-hydrogen) atoms. The fourth-order valence-corrected chi connectivity index (χ4v) is 4.33. The van der Waals surface area contributed by atoms with Crippen molar-refractivity contribution in [1.82, 2.24) is 24.5 Å². The Bertz CT molecular complexity index is 1210. The van der Waals surface area contributed by atoms with Gasteiger partial charge in [-0.2, -0.15) is 0 Å². The molecule has 0 saturated heterocycles. The van der Waals surface area contributed by atoms with E-state index in [1.54, 1.807) is 7.05 Å². The highest BCUT2D eigenvalue weighted by molar-refractivity contribution is 7.17. The maximum Gasteiger partial charge on any atom is 0.272 e. The summed E-state index contributed by atoms with van der Waals surface area (Å²) in [7, 11) is 1.70. The van der Waals surface area contributed by atoms with E-state index in [1.807, 2.05) is 34.0 Å². The van der Waals surface area contributed by atoms with Crippen LogP contribution in [0.25, 0.3) is 16.0 Å². The third-order valence-corrected chi connectivity index (χ3v) is 6.07. The van der Waals surface area contributed by atoms with E-state index < -0.39 is 0 Å². The summed E-state index contributed by atoms with van der Waals surface area (Å²) in [5.41, 5.74) is 1.98. The molecule has 0 fully saturated rings. The number of amides is 1. The van der Waals surface area contributed by atoms with Crippen LogP contribution in [0.4, 0.5) is 0 Å². The number of carbonyl (C=O) groups is 1. The molecule has 4 rings (SSSR count). The minimum atomic E-state index is -0.0617. The highest BCUT2D eigenvalue weighted by Gasteiger charge is 2.16. The number of hydrogen-bond acceptors (Lipinski definition) is 5. The third kappa shape index (κ3) is 3.80. The van der Waals surface area contributed by atoms with Gasteiger partial charge in [0.15, 0.2) is 0 Å². The molecule has 3 aromatic heterocycles. The largest absolute Gasteiger partial charge is 0.356 e. The van der Waals surface area contributed by atoms with Crippen molar-refractivity contribution in [3.05, 3.63) is 63.5 Å². The smallest absolute Gasteiger partial charge is 0.272 e. The van der Waals surface area contributed by atoms with Crippen molar-refractivity contribution >= 4 is 33.2 Å². The summed E-state index contributed by atoms with van der Waals surface area (Å²) < 4.78 is 4.13. The number of aromatic nitrogens is 4. The summed E-state index contributed by atoms with van der Waals surface area (Å²) in [6.45, 7) is 2.72. The van der Waals surface area contributed by atoms with Gasteiger partial charge in [0.1, 0.15) is 10.5 Å². The Labute approximate surface area is 172 Å². The number of nitrogens with zero attached hydrogens (tertiary/aromatic N) is 4. The van der Waals surface area contributed by atoms with Crippen LogP contribution in [-0.4, -0.2) is 31.6 Å². The van der Waals surface area contributed by atoms with Gasteiger partial charge in [-0.15, -0.1) is 21.5 Å². The lowest BCUT2D eigenvalue weighted by Crippen LogP contribution is -2.27. The number of aryl methyl sites for hydroxylation is 2. The molecule has 0 aliphatic rings. The Morgan fingerprint density at radius 2 is 2.00 bits per heavy atom. The number of thiophene rings is 1. The van der Waals surface area contributed by atoms with Crippen LogP contribution >= 0.6 is 11.3 Å². The van der Waals surface area contributed by atoms with Crippen LogP contribution in [0, 0.1) is 0 Å². The molecule has 1 unspecified atom stereocenters. The van der Waals surface area contributed by atoms with Gasteiger partial charge in [0, 0.05) is 26.4 Å². The van der Waals surface area contributed by atoms with Crippen LogP contribution in [-0.2, 0) is 18.3 Å². The summed E-state index contributed by atoms with van der Waals surface area (Å²) in [5.74, 6) is 1.60. The summed E-state index contributed by atoms with van der Waals surface area (Å²) in [4.78, 5) is 24.6. The van der Waals surface area contributed by atoms with E-state index >= 15 is 0 Å². The molecular formula is C21H23N5O2S. The molecule has 7 nitrogen and oxygen atoms in total. The first-order chi connectivity index (χ1) is 14.1. The van der Waals surface area contributed by atoms with Crippen LogP contribution in [0.5, 0.6) is 0 Å². The zero-order valence-corrected chi connectivity index (χ0v) is 17.3. The Balaban J connectivity index is 1.38. The second-order valence-corrected chi connectivity index (χ2v) is 8.14. The molecule has 0 radical (unpaired) electrons. The van der Waals surface area contributed by atoms with Gasteiger partial charge in [0.05, 0.1) is 5.52 Å². The summed E-state index contributed by atoms with van der Waals surface area (Å²) in [6, 6.07) is 12.1. The molecule has 1 atom stereocenters. The molecule has 0 saturated carbocycles. The van der Waals surface area contributed by atoms with Crippen molar-refractivity contribution in [1.29, 1.82) is 0 Å². The Kier molecular flexibility index (Phi) is 5.44. The minimum Gasteiger partial charge on any atom is -0.356 e. The molecule has 8 heteroatoms. The Morgan fingerprint density at radius 3 is 2.79 bits per heavy atom. The van der Waals surface area contributed by atoms with E-state index in [-0.39, 0.29) is 17.4 Å². The third-order valence-electron chi connectivity index (χ3n) is 5.18. The fourth-order valence-electron chi connectivity index (χ4n) is 3.48. The van der Waals surface area contributed by atoms with Gasteiger partial charge in [0.25, 0.3) is 5.56 Å². The van der Waals surface area contributed by atoms with Gasteiger partial charge in [-0.3, -0.25) is 18.6 Å². The van der Waals surface area contributed by atoms with Crippen molar-refractivity contribution in [3.63, 3.8) is 0 Å². The summed E-state index contributed by atoms with van der Waals surface area (Å²) in [6.07, 6.45) is 1.71. The lowest BCUT2D eigenvalue weighted by Gasteiger charge is -2.13. The van der Waals surface area contributed by atoms with Crippen LogP contribution < -0.4 is 10.9 Å². The maximum atomic E-state index is 12.4. The van der Waals surface area contributed by atoms with E-state index in [2.05, 4.69) is 34.6 Å². The molecule has 3 heterocycles. The van der Waals surface area contributed by atoms with Crippen molar-refractivity contribution in [2.75, 3.05) is 6.54 Å². The number of fused-ring (bicyclic) bond motifs is 3. The van der Waals surface area contributed by atoms with E-state index in [0.717, 1.165) is 11.3 Å². The van der Waals surface area contributed by atoms with Crippen LogP contribution in [0.1, 0.15) is 37.1 Å². The molecule has 1 N–H and O–H groups in total. The van der Waals surface area contributed by atoms with Gasteiger partial charge in [-0.1, -0.05) is 37.3 Å². The molecule has 1 aromatic carbocycles. The highest BCUT2D eigenvalue weighted by Crippen LogP contribution is 2.20. The van der Waals surface area contributed by atoms with Gasteiger partial charge >= 0.3 is 0 Å². The molecule has 1 amide bonds. The van der Waals surface area contributed by atoms with Crippen molar-refractivity contribution in [2.45, 2.75) is 32.1 Å². The number of hydrogen-bond donors (Lipinski definition) is 1. The second-order valence-electron chi connectivity index (χ2n) is 7.22. The van der Waals surface area contributed by atoms with E-state index in [9.17, 15) is 9.59 Å². The number of rotatable bonds is 7. The zero-order chi connectivity index (χ0) is 20.4. The van der Waals surface area contributed by atoms with Crippen LogP contribution in [0.15, 0.2) is 46.6 Å². The quantitative estimate of drug-likeness (QED) is 0.509. The Morgan fingerprint density at radius 1 is 1.21 bits per heavy atom.